The van der Waals surface area contributed by atoms with Crippen molar-refractivity contribution in [2.75, 3.05) is 5.32 Å². The van der Waals surface area contributed by atoms with Gasteiger partial charge in [0.1, 0.15) is 0 Å². The number of carbonyl (C=O) groups excluding carboxylic acids is 2. The van der Waals surface area contributed by atoms with Crippen LogP contribution in [0.15, 0.2) is 17.5 Å². The standard InChI is InChI=1S/C13H15N5O2S/c14-13(20)18-6-9-10(7-18)16-17-12(9)15-11(19)4-3-8-2-1-5-21-8/h1-2,5H,3-4,6-7H2,(H2,14,20)(H2,15,16,17,19). The minimum absolute atomic E-state index is 0.0878. The number of anilines is 1. The largest absolute Gasteiger partial charge is 0.351 e. The number of amides is 3. The quantitative estimate of drug-likeness (QED) is 0.796. The first kappa shape index (κ1) is 13.6. The zero-order chi connectivity index (χ0) is 14.8. The van der Waals surface area contributed by atoms with Gasteiger partial charge in [-0.05, 0) is 17.9 Å². The summed E-state index contributed by atoms with van der Waals surface area (Å²) in [5, 5.41) is 11.7. The lowest BCUT2D eigenvalue weighted by Crippen LogP contribution is -2.31. The number of nitrogens with two attached hydrogens (primary N) is 1. The molecule has 3 rings (SSSR count). The topological polar surface area (TPSA) is 104 Å². The lowest BCUT2D eigenvalue weighted by Gasteiger charge is -2.11. The van der Waals surface area contributed by atoms with Crippen molar-refractivity contribution in [1.29, 1.82) is 0 Å². The third-order valence-electron chi connectivity index (χ3n) is 3.40. The van der Waals surface area contributed by atoms with Gasteiger partial charge in [-0.3, -0.25) is 9.89 Å². The lowest BCUT2D eigenvalue weighted by atomic mass is 10.2. The van der Waals surface area contributed by atoms with E-state index in [2.05, 4.69) is 15.5 Å². The zero-order valence-corrected chi connectivity index (χ0v) is 12.1. The van der Waals surface area contributed by atoms with Gasteiger partial charge in [-0.15, -0.1) is 11.3 Å². The SMILES string of the molecule is NC(=O)N1Cc2[nH]nc(NC(=O)CCc3cccs3)c2C1. The maximum Gasteiger partial charge on any atom is 0.315 e. The highest BCUT2D eigenvalue weighted by molar-refractivity contribution is 7.09. The molecule has 3 heterocycles. The Balaban J connectivity index is 1.59. The van der Waals surface area contributed by atoms with Gasteiger partial charge in [0.15, 0.2) is 5.82 Å². The molecule has 0 radical (unpaired) electrons. The number of aromatic amines is 1. The van der Waals surface area contributed by atoms with Gasteiger partial charge < -0.3 is 16.0 Å². The van der Waals surface area contributed by atoms with Crippen LogP contribution in [0, 0.1) is 0 Å². The molecule has 0 atom stereocenters. The minimum atomic E-state index is -0.477. The third kappa shape index (κ3) is 2.89. The number of hydrogen-bond acceptors (Lipinski definition) is 4. The number of urea groups is 1. The predicted molar refractivity (Wildman–Crippen MR) is 78.7 cm³/mol. The summed E-state index contributed by atoms with van der Waals surface area (Å²) in [5.41, 5.74) is 6.91. The molecular weight excluding hydrogens is 290 g/mol. The second-order valence-corrected chi connectivity index (χ2v) is 5.88. The van der Waals surface area contributed by atoms with E-state index >= 15 is 0 Å². The zero-order valence-electron chi connectivity index (χ0n) is 11.3. The summed E-state index contributed by atoms with van der Waals surface area (Å²) >= 11 is 1.64. The van der Waals surface area contributed by atoms with Gasteiger partial charge in [-0.2, -0.15) is 5.10 Å². The molecule has 0 fully saturated rings. The first-order valence-electron chi connectivity index (χ1n) is 6.56. The van der Waals surface area contributed by atoms with Crippen molar-refractivity contribution < 1.29 is 9.59 Å². The Hall–Kier alpha value is -2.35. The van der Waals surface area contributed by atoms with Crippen LogP contribution in [-0.4, -0.2) is 27.0 Å². The number of hydrogen-bond donors (Lipinski definition) is 3. The van der Waals surface area contributed by atoms with Gasteiger partial charge in [0, 0.05) is 16.9 Å². The van der Waals surface area contributed by atoms with Crippen LogP contribution in [0.2, 0.25) is 0 Å². The Kier molecular flexibility index (Phi) is 3.61. The average molecular weight is 305 g/mol. The van der Waals surface area contributed by atoms with Crippen LogP contribution in [0.25, 0.3) is 0 Å². The summed E-state index contributed by atoms with van der Waals surface area (Å²) < 4.78 is 0. The smallest absolute Gasteiger partial charge is 0.315 e. The molecule has 1 aliphatic rings. The maximum absolute atomic E-state index is 12.0. The van der Waals surface area contributed by atoms with Crippen LogP contribution in [0.5, 0.6) is 0 Å². The van der Waals surface area contributed by atoms with Gasteiger partial charge in [-0.25, -0.2) is 4.79 Å². The fourth-order valence-corrected chi connectivity index (χ4v) is 2.99. The number of carbonyl (C=O) groups is 2. The second-order valence-electron chi connectivity index (χ2n) is 4.85. The Morgan fingerprint density at radius 1 is 1.48 bits per heavy atom. The number of rotatable bonds is 4. The number of primary amides is 1. The molecule has 0 saturated heterocycles. The molecule has 110 valence electrons. The van der Waals surface area contributed by atoms with E-state index in [0.29, 0.717) is 31.7 Å². The third-order valence-corrected chi connectivity index (χ3v) is 4.33. The molecule has 0 aromatic carbocycles. The normalized spacial score (nSPS) is 13.2. The molecule has 2 aromatic rings. The predicted octanol–water partition coefficient (Wildman–Crippen LogP) is 1.44. The van der Waals surface area contributed by atoms with Crippen LogP contribution in [0.4, 0.5) is 10.6 Å². The maximum atomic E-state index is 12.0. The molecule has 8 heteroatoms. The molecule has 2 aromatic heterocycles. The fraction of sp³-hybridized carbons (Fsp3) is 0.308. The van der Waals surface area contributed by atoms with E-state index in [1.54, 1.807) is 11.3 Å². The van der Waals surface area contributed by atoms with E-state index in [0.717, 1.165) is 11.3 Å². The molecule has 1 aliphatic heterocycles. The number of nitrogens with one attached hydrogen (secondary N) is 2. The van der Waals surface area contributed by atoms with Gasteiger partial charge >= 0.3 is 6.03 Å². The Labute approximate surface area is 125 Å². The first-order chi connectivity index (χ1) is 10.1. The van der Waals surface area contributed by atoms with Crippen LogP contribution < -0.4 is 11.1 Å². The van der Waals surface area contributed by atoms with E-state index < -0.39 is 6.03 Å². The number of aryl methyl sites for hydroxylation is 1. The number of fused-ring (bicyclic) bond motifs is 1. The highest BCUT2D eigenvalue weighted by Crippen LogP contribution is 2.26. The highest BCUT2D eigenvalue weighted by Gasteiger charge is 2.27. The minimum Gasteiger partial charge on any atom is -0.351 e. The highest BCUT2D eigenvalue weighted by atomic mass is 32.1. The van der Waals surface area contributed by atoms with Crippen LogP contribution in [0.1, 0.15) is 22.6 Å². The average Bonchev–Trinajstić information content (AvgIpc) is 3.14. The van der Waals surface area contributed by atoms with E-state index in [1.807, 2.05) is 17.5 Å². The van der Waals surface area contributed by atoms with E-state index in [1.165, 1.54) is 9.78 Å². The monoisotopic (exact) mass is 305 g/mol. The van der Waals surface area contributed by atoms with Gasteiger partial charge in [0.05, 0.1) is 18.8 Å². The van der Waals surface area contributed by atoms with Crippen LogP contribution >= 0.6 is 11.3 Å². The lowest BCUT2D eigenvalue weighted by molar-refractivity contribution is -0.116. The fourth-order valence-electron chi connectivity index (χ4n) is 2.29. The second kappa shape index (κ2) is 5.57. The molecule has 0 spiro atoms. The number of nitrogens with zero attached hydrogens (tertiary/aromatic N) is 2. The molecule has 4 N–H and O–H groups in total. The summed E-state index contributed by atoms with van der Waals surface area (Å²) in [5.74, 6) is 0.403. The van der Waals surface area contributed by atoms with E-state index in [9.17, 15) is 9.59 Å². The number of H-pyrrole nitrogens is 1. The van der Waals surface area contributed by atoms with Crippen molar-refractivity contribution in [2.24, 2.45) is 5.73 Å². The number of aromatic nitrogens is 2. The van der Waals surface area contributed by atoms with Crippen molar-refractivity contribution in [1.82, 2.24) is 15.1 Å². The molecule has 0 aliphatic carbocycles. The van der Waals surface area contributed by atoms with Crippen molar-refractivity contribution >= 4 is 29.1 Å². The summed E-state index contributed by atoms with van der Waals surface area (Å²) in [6.45, 7) is 0.782. The Bertz CT molecular complexity index is 664. The Morgan fingerprint density at radius 3 is 3.05 bits per heavy atom. The molecule has 3 amide bonds. The summed E-state index contributed by atoms with van der Waals surface area (Å²) in [6.07, 6.45) is 1.12. The van der Waals surface area contributed by atoms with Crippen molar-refractivity contribution in [2.45, 2.75) is 25.9 Å². The molecule has 7 nitrogen and oxygen atoms in total. The van der Waals surface area contributed by atoms with Crippen molar-refractivity contribution in [3.05, 3.63) is 33.6 Å². The van der Waals surface area contributed by atoms with E-state index in [-0.39, 0.29) is 5.91 Å². The van der Waals surface area contributed by atoms with Gasteiger partial charge in [0.25, 0.3) is 0 Å². The first-order valence-corrected chi connectivity index (χ1v) is 7.44. The van der Waals surface area contributed by atoms with Gasteiger partial charge in [0.2, 0.25) is 5.91 Å². The molecule has 0 unspecified atom stereocenters. The molecular formula is C13H15N5O2S. The van der Waals surface area contributed by atoms with Crippen molar-refractivity contribution in [3.63, 3.8) is 0 Å². The number of thiophene rings is 1. The molecule has 21 heavy (non-hydrogen) atoms. The molecule has 0 bridgehead atoms. The van der Waals surface area contributed by atoms with Gasteiger partial charge in [-0.1, -0.05) is 6.07 Å². The molecule has 0 saturated carbocycles. The van der Waals surface area contributed by atoms with Crippen LogP contribution in [0.3, 0.4) is 0 Å². The van der Waals surface area contributed by atoms with Crippen LogP contribution in [-0.2, 0) is 24.3 Å². The Morgan fingerprint density at radius 2 is 2.33 bits per heavy atom. The summed E-state index contributed by atoms with van der Waals surface area (Å²) in [7, 11) is 0. The van der Waals surface area contributed by atoms with Crippen molar-refractivity contribution in [3.8, 4) is 0 Å². The summed E-state index contributed by atoms with van der Waals surface area (Å²) in [6, 6.07) is 3.50. The summed E-state index contributed by atoms with van der Waals surface area (Å²) in [4.78, 5) is 25.8. The van der Waals surface area contributed by atoms with E-state index in [4.69, 9.17) is 5.73 Å².